The summed E-state index contributed by atoms with van der Waals surface area (Å²) in [5.41, 5.74) is 3.56. The first kappa shape index (κ1) is 25.8. The van der Waals surface area contributed by atoms with Crippen LogP contribution in [0.5, 0.6) is 0 Å². The Morgan fingerprint density at radius 3 is 2.44 bits per heavy atom. The quantitative estimate of drug-likeness (QED) is 0.330. The Bertz CT molecular complexity index is 1240. The molecule has 0 bridgehead atoms. The van der Waals surface area contributed by atoms with Crippen molar-refractivity contribution in [3.63, 3.8) is 0 Å². The second-order valence-corrected chi connectivity index (χ2v) is 8.59. The molecule has 1 aliphatic heterocycles. The van der Waals surface area contributed by atoms with Gasteiger partial charge in [-0.3, -0.25) is 0 Å². The number of nitrogens with zero attached hydrogens (tertiary/aromatic N) is 4. The number of halogens is 1. The number of nitriles is 1. The minimum atomic E-state index is -0.745. The fraction of sp³-hybridized carbons (Fsp3) is 0.346. The fourth-order valence-corrected chi connectivity index (χ4v) is 4.44. The lowest BCUT2D eigenvalue weighted by Crippen LogP contribution is -2.59. The van der Waals surface area contributed by atoms with Gasteiger partial charge in [0.2, 0.25) is 0 Å². The average molecular weight is 511 g/mol. The number of aromatic nitrogens is 2. The number of ether oxygens (including phenoxy) is 4. The third-order valence-corrected chi connectivity index (χ3v) is 6.40. The van der Waals surface area contributed by atoms with E-state index in [1.807, 2.05) is 43.5 Å². The molecule has 3 aromatic rings. The number of oxime groups is 1. The number of benzene rings is 2. The van der Waals surface area contributed by atoms with Crippen molar-refractivity contribution in [3.05, 3.63) is 71.1 Å². The van der Waals surface area contributed by atoms with Crippen LogP contribution in [0.2, 0.25) is 5.02 Å². The van der Waals surface area contributed by atoms with Crippen LogP contribution in [-0.4, -0.2) is 67.8 Å². The molecule has 4 rings (SSSR count). The lowest BCUT2D eigenvalue weighted by atomic mass is 9.99. The van der Waals surface area contributed by atoms with Gasteiger partial charge in [0.25, 0.3) is 6.29 Å². The van der Waals surface area contributed by atoms with E-state index in [2.05, 4.69) is 16.2 Å². The highest BCUT2D eigenvalue weighted by atomic mass is 35.5. The summed E-state index contributed by atoms with van der Waals surface area (Å²) in [6.45, 7) is 1.89. The normalized spacial score (nSPS) is 24.1. The van der Waals surface area contributed by atoms with Crippen LogP contribution in [0.1, 0.15) is 18.1 Å². The van der Waals surface area contributed by atoms with Crippen molar-refractivity contribution in [2.24, 2.45) is 5.16 Å². The third-order valence-electron chi connectivity index (χ3n) is 6.08. The van der Waals surface area contributed by atoms with Gasteiger partial charge in [-0.2, -0.15) is 5.26 Å². The van der Waals surface area contributed by atoms with Gasteiger partial charge in [0.05, 0.1) is 40.6 Å². The zero-order chi connectivity index (χ0) is 25.7. The van der Waals surface area contributed by atoms with E-state index in [0.29, 0.717) is 16.3 Å². The molecule has 9 nitrogen and oxygen atoms in total. The van der Waals surface area contributed by atoms with Gasteiger partial charge in [0.15, 0.2) is 6.10 Å². The van der Waals surface area contributed by atoms with Crippen molar-refractivity contribution in [1.82, 2.24) is 9.55 Å². The fourth-order valence-electron chi connectivity index (χ4n) is 4.23. The van der Waals surface area contributed by atoms with Crippen molar-refractivity contribution in [2.75, 3.05) is 21.3 Å². The van der Waals surface area contributed by atoms with E-state index >= 15 is 0 Å². The predicted molar refractivity (Wildman–Crippen MR) is 134 cm³/mol. The zero-order valence-electron chi connectivity index (χ0n) is 20.4. The van der Waals surface area contributed by atoms with Crippen molar-refractivity contribution in [3.8, 4) is 23.0 Å². The molecule has 0 amide bonds. The van der Waals surface area contributed by atoms with E-state index in [-0.39, 0.29) is 18.3 Å². The lowest BCUT2D eigenvalue weighted by molar-refractivity contribution is -0.305. The van der Waals surface area contributed by atoms with Crippen LogP contribution in [-0.2, 0) is 23.8 Å². The van der Waals surface area contributed by atoms with Crippen molar-refractivity contribution < 1.29 is 23.8 Å². The number of methoxy groups -OCH3 is 3. The molecule has 1 saturated heterocycles. The molecule has 0 aliphatic carbocycles. The molecular weight excluding hydrogens is 484 g/mol. The molecule has 1 aromatic heterocycles. The van der Waals surface area contributed by atoms with E-state index in [1.54, 1.807) is 50.6 Å². The van der Waals surface area contributed by atoms with Crippen LogP contribution < -0.4 is 0 Å². The molecule has 36 heavy (non-hydrogen) atoms. The first-order valence-electron chi connectivity index (χ1n) is 11.3. The maximum atomic E-state index is 9.44. The summed E-state index contributed by atoms with van der Waals surface area (Å²) in [7, 11) is 4.77. The predicted octanol–water partition coefficient (Wildman–Crippen LogP) is 4.20. The SMILES string of the molecule is CO[C@@H]1[C@@H](OC)[C@H](C)O[C@@H](O/N=C/c2ccc(-c3cn(-c4cccc(Cl)c4C#N)cn3)cc2)[C@@H]1OC. The first-order chi connectivity index (χ1) is 17.5. The topological polar surface area (TPSA) is 100 Å². The van der Waals surface area contributed by atoms with Crippen LogP contribution in [0, 0.1) is 11.3 Å². The highest BCUT2D eigenvalue weighted by Gasteiger charge is 2.46. The highest BCUT2D eigenvalue weighted by Crippen LogP contribution is 2.28. The van der Waals surface area contributed by atoms with Gasteiger partial charge in [0, 0.05) is 33.1 Å². The monoisotopic (exact) mass is 510 g/mol. The molecule has 1 aliphatic rings. The van der Waals surface area contributed by atoms with Gasteiger partial charge >= 0.3 is 0 Å². The van der Waals surface area contributed by atoms with Gasteiger partial charge in [-0.1, -0.05) is 47.1 Å². The maximum Gasteiger partial charge on any atom is 0.256 e. The number of hydrogen-bond donors (Lipinski definition) is 0. The largest absolute Gasteiger partial charge is 0.376 e. The smallest absolute Gasteiger partial charge is 0.256 e. The second kappa shape index (κ2) is 11.6. The van der Waals surface area contributed by atoms with Crippen LogP contribution in [0.3, 0.4) is 0 Å². The molecule has 0 radical (unpaired) electrons. The molecular formula is C26H27ClN4O5. The number of rotatable bonds is 8. The molecule has 10 heteroatoms. The van der Waals surface area contributed by atoms with Crippen LogP contribution in [0.4, 0.5) is 0 Å². The highest BCUT2D eigenvalue weighted by molar-refractivity contribution is 6.32. The molecule has 2 heterocycles. The Balaban J connectivity index is 1.44. The van der Waals surface area contributed by atoms with Gasteiger partial charge in [0.1, 0.15) is 18.3 Å². The minimum absolute atomic E-state index is 0.262. The lowest BCUT2D eigenvalue weighted by Gasteiger charge is -2.42. The number of imidazole rings is 1. The summed E-state index contributed by atoms with van der Waals surface area (Å²) < 4.78 is 24.3. The average Bonchev–Trinajstić information content (AvgIpc) is 3.38. The summed E-state index contributed by atoms with van der Waals surface area (Å²) in [4.78, 5) is 10.1. The zero-order valence-corrected chi connectivity index (χ0v) is 21.1. The van der Waals surface area contributed by atoms with Gasteiger partial charge in [-0.05, 0) is 24.6 Å². The molecule has 2 aromatic carbocycles. The Labute approximate surface area is 214 Å². The summed E-state index contributed by atoms with van der Waals surface area (Å²) in [6, 6.07) is 15.1. The van der Waals surface area contributed by atoms with Crippen molar-refractivity contribution in [2.45, 2.75) is 37.6 Å². The molecule has 5 atom stereocenters. The third kappa shape index (κ3) is 5.28. The summed E-state index contributed by atoms with van der Waals surface area (Å²) in [5.74, 6) is 0. The molecule has 188 valence electrons. The summed E-state index contributed by atoms with van der Waals surface area (Å²) in [5, 5.41) is 13.9. The molecule has 0 spiro atoms. The Morgan fingerprint density at radius 2 is 1.78 bits per heavy atom. The maximum absolute atomic E-state index is 9.44. The summed E-state index contributed by atoms with van der Waals surface area (Å²) >= 11 is 6.16. The van der Waals surface area contributed by atoms with Gasteiger partial charge in [-0.15, -0.1) is 0 Å². The Kier molecular flexibility index (Phi) is 8.36. The second-order valence-electron chi connectivity index (χ2n) is 8.18. The van der Waals surface area contributed by atoms with E-state index in [9.17, 15) is 5.26 Å². The van der Waals surface area contributed by atoms with E-state index in [0.717, 1.165) is 16.8 Å². The summed E-state index contributed by atoms with van der Waals surface area (Å²) in [6.07, 6.45) is 2.94. The Hall–Kier alpha value is -3.26. The molecule has 0 unspecified atom stereocenters. The standard InChI is InChI=1S/C26H27ClN4O5/c1-16-23(32-2)24(33-3)25(34-4)26(35-16)36-30-13-17-8-10-18(11-9-17)21-14-31(15-29-21)22-7-5-6-20(27)19(22)12-28/h5-11,13-16,23-26H,1-4H3/b30-13+/t16-,23-,24+,25+,26-/m0/s1. The first-order valence-corrected chi connectivity index (χ1v) is 11.6. The van der Waals surface area contributed by atoms with E-state index in [1.165, 1.54) is 0 Å². The molecule has 0 N–H and O–H groups in total. The van der Waals surface area contributed by atoms with E-state index < -0.39 is 12.4 Å². The number of hydrogen-bond acceptors (Lipinski definition) is 8. The Morgan fingerprint density at radius 1 is 1.06 bits per heavy atom. The van der Waals surface area contributed by atoms with Gasteiger partial charge < -0.3 is 28.4 Å². The minimum Gasteiger partial charge on any atom is -0.376 e. The van der Waals surface area contributed by atoms with Gasteiger partial charge in [-0.25, -0.2) is 4.98 Å². The van der Waals surface area contributed by atoms with Crippen LogP contribution in [0.25, 0.3) is 16.9 Å². The molecule has 1 fully saturated rings. The van der Waals surface area contributed by atoms with Crippen LogP contribution in [0.15, 0.2) is 60.1 Å². The van der Waals surface area contributed by atoms with Crippen LogP contribution >= 0.6 is 11.6 Å². The molecule has 0 saturated carbocycles. The van der Waals surface area contributed by atoms with Crippen molar-refractivity contribution >= 4 is 17.8 Å². The van der Waals surface area contributed by atoms with Crippen molar-refractivity contribution in [1.29, 1.82) is 5.26 Å². The van der Waals surface area contributed by atoms with E-state index in [4.69, 9.17) is 35.4 Å².